The summed E-state index contributed by atoms with van der Waals surface area (Å²) in [4.78, 5) is 13.2. The van der Waals surface area contributed by atoms with E-state index in [4.69, 9.17) is 5.73 Å². The molecule has 2 N–H and O–H groups in total. The fraction of sp³-hybridized carbons (Fsp3) is 0.667. The quantitative estimate of drug-likeness (QED) is 0.814. The van der Waals surface area contributed by atoms with E-state index in [2.05, 4.69) is 26.7 Å². The van der Waals surface area contributed by atoms with Crippen molar-refractivity contribution in [1.82, 2.24) is 14.9 Å². The van der Waals surface area contributed by atoms with Crippen molar-refractivity contribution in [3.05, 3.63) is 18.1 Å². The largest absolute Gasteiger partial charge is 0.354 e. The summed E-state index contributed by atoms with van der Waals surface area (Å²) < 4.78 is 0. The maximum absolute atomic E-state index is 5.69. The maximum Gasteiger partial charge on any atom is 0.132 e. The monoisotopic (exact) mass is 235 g/mol. The predicted octanol–water partition coefficient (Wildman–Crippen LogP) is 0.254. The van der Waals surface area contributed by atoms with Crippen LogP contribution in [0.15, 0.2) is 12.4 Å². The standard InChI is InChI=1S/C12H21N5/c1-10-7-12(15-9-14-10)17-5-3-16(4-6-17)11(2)8-13/h7,9,11H,3-6,8,13H2,1-2H3. The van der Waals surface area contributed by atoms with Crippen molar-refractivity contribution in [2.24, 2.45) is 5.73 Å². The van der Waals surface area contributed by atoms with Crippen LogP contribution in [0.2, 0.25) is 0 Å². The molecule has 0 aliphatic carbocycles. The third-order valence-corrected chi connectivity index (χ3v) is 3.39. The molecule has 0 radical (unpaired) electrons. The van der Waals surface area contributed by atoms with Gasteiger partial charge in [0.2, 0.25) is 0 Å². The smallest absolute Gasteiger partial charge is 0.132 e. The Morgan fingerprint density at radius 2 is 2.00 bits per heavy atom. The number of hydrogen-bond donors (Lipinski definition) is 1. The Morgan fingerprint density at radius 3 is 2.59 bits per heavy atom. The van der Waals surface area contributed by atoms with Gasteiger partial charge < -0.3 is 10.6 Å². The number of anilines is 1. The summed E-state index contributed by atoms with van der Waals surface area (Å²) in [5.41, 5.74) is 6.71. The van der Waals surface area contributed by atoms with E-state index >= 15 is 0 Å². The van der Waals surface area contributed by atoms with Gasteiger partial charge in [0.1, 0.15) is 12.1 Å². The SMILES string of the molecule is Cc1cc(N2CCN(C(C)CN)CC2)ncn1. The molecule has 0 amide bonds. The number of hydrogen-bond acceptors (Lipinski definition) is 5. The van der Waals surface area contributed by atoms with E-state index in [-0.39, 0.29) is 0 Å². The van der Waals surface area contributed by atoms with Crippen LogP contribution < -0.4 is 10.6 Å². The molecule has 1 saturated heterocycles. The Hall–Kier alpha value is -1.20. The first-order chi connectivity index (χ1) is 8.20. The van der Waals surface area contributed by atoms with Gasteiger partial charge in [0, 0.05) is 50.5 Å². The van der Waals surface area contributed by atoms with Gasteiger partial charge in [0.15, 0.2) is 0 Å². The van der Waals surface area contributed by atoms with Crippen LogP contribution in [-0.2, 0) is 0 Å². The molecule has 1 aliphatic heterocycles. The van der Waals surface area contributed by atoms with Gasteiger partial charge in [-0.2, -0.15) is 0 Å². The summed E-state index contributed by atoms with van der Waals surface area (Å²) in [6.07, 6.45) is 1.64. The second-order valence-electron chi connectivity index (χ2n) is 4.63. The fourth-order valence-corrected chi connectivity index (χ4v) is 2.15. The van der Waals surface area contributed by atoms with Gasteiger partial charge in [-0.3, -0.25) is 4.90 Å². The number of nitrogens with zero attached hydrogens (tertiary/aromatic N) is 4. The average Bonchev–Trinajstić information content (AvgIpc) is 2.38. The lowest BCUT2D eigenvalue weighted by atomic mass is 10.2. The summed E-state index contributed by atoms with van der Waals surface area (Å²) in [6, 6.07) is 2.52. The first-order valence-corrected chi connectivity index (χ1v) is 6.18. The number of aromatic nitrogens is 2. The van der Waals surface area contributed by atoms with Crippen molar-refractivity contribution in [1.29, 1.82) is 0 Å². The highest BCUT2D eigenvalue weighted by molar-refractivity contribution is 5.39. The minimum absolute atomic E-state index is 0.476. The van der Waals surface area contributed by atoms with Crippen LogP contribution in [0.5, 0.6) is 0 Å². The lowest BCUT2D eigenvalue weighted by molar-refractivity contribution is 0.201. The van der Waals surface area contributed by atoms with Gasteiger partial charge in [-0.25, -0.2) is 9.97 Å². The van der Waals surface area contributed by atoms with Crippen LogP contribution in [0.1, 0.15) is 12.6 Å². The molecule has 1 atom stereocenters. The van der Waals surface area contributed by atoms with E-state index in [1.165, 1.54) is 0 Å². The second-order valence-corrected chi connectivity index (χ2v) is 4.63. The molecule has 1 fully saturated rings. The van der Waals surface area contributed by atoms with Crippen LogP contribution in [0.25, 0.3) is 0 Å². The van der Waals surface area contributed by atoms with Crippen LogP contribution in [-0.4, -0.2) is 53.6 Å². The molecule has 1 aliphatic rings. The first-order valence-electron chi connectivity index (χ1n) is 6.18. The van der Waals surface area contributed by atoms with Crippen molar-refractivity contribution in [2.45, 2.75) is 19.9 Å². The van der Waals surface area contributed by atoms with Crippen LogP contribution in [0.4, 0.5) is 5.82 Å². The Labute approximate surface area is 103 Å². The van der Waals surface area contributed by atoms with Crippen LogP contribution in [0.3, 0.4) is 0 Å². The summed E-state index contributed by atoms with van der Waals surface area (Å²) in [6.45, 7) is 9.06. The van der Waals surface area contributed by atoms with Crippen molar-refractivity contribution in [3.8, 4) is 0 Å². The molecule has 94 valence electrons. The molecule has 1 unspecified atom stereocenters. The minimum atomic E-state index is 0.476. The molecular formula is C12H21N5. The molecule has 5 nitrogen and oxygen atoms in total. The van der Waals surface area contributed by atoms with Gasteiger partial charge in [-0.15, -0.1) is 0 Å². The van der Waals surface area contributed by atoms with E-state index < -0.39 is 0 Å². The summed E-state index contributed by atoms with van der Waals surface area (Å²) in [5.74, 6) is 1.04. The Balaban J connectivity index is 1.95. The molecule has 0 spiro atoms. The predicted molar refractivity (Wildman–Crippen MR) is 69.1 cm³/mol. The zero-order valence-electron chi connectivity index (χ0n) is 10.6. The molecule has 1 aromatic heterocycles. The summed E-state index contributed by atoms with van der Waals surface area (Å²) in [5, 5.41) is 0. The summed E-state index contributed by atoms with van der Waals surface area (Å²) >= 11 is 0. The van der Waals surface area contributed by atoms with E-state index in [9.17, 15) is 0 Å². The highest BCUT2D eigenvalue weighted by atomic mass is 15.3. The van der Waals surface area contributed by atoms with Gasteiger partial charge in [-0.1, -0.05) is 0 Å². The van der Waals surface area contributed by atoms with E-state index in [1.807, 2.05) is 13.0 Å². The van der Waals surface area contributed by atoms with Gasteiger partial charge >= 0.3 is 0 Å². The number of rotatable bonds is 3. The van der Waals surface area contributed by atoms with Crippen molar-refractivity contribution >= 4 is 5.82 Å². The van der Waals surface area contributed by atoms with Crippen LogP contribution >= 0.6 is 0 Å². The highest BCUT2D eigenvalue weighted by Gasteiger charge is 2.20. The number of nitrogens with two attached hydrogens (primary N) is 1. The number of piperazine rings is 1. The zero-order chi connectivity index (χ0) is 12.3. The van der Waals surface area contributed by atoms with Gasteiger partial charge in [0.05, 0.1) is 0 Å². The Kier molecular flexibility index (Phi) is 3.91. The van der Waals surface area contributed by atoms with Crippen molar-refractivity contribution in [3.63, 3.8) is 0 Å². The van der Waals surface area contributed by atoms with E-state index in [0.29, 0.717) is 6.04 Å². The molecule has 0 aromatic carbocycles. The Bertz CT molecular complexity index is 360. The first kappa shape index (κ1) is 12.3. The topological polar surface area (TPSA) is 58.3 Å². The molecule has 0 saturated carbocycles. The maximum atomic E-state index is 5.69. The zero-order valence-corrected chi connectivity index (χ0v) is 10.6. The molecular weight excluding hydrogens is 214 g/mol. The van der Waals surface area contributed by atoms with Gasteiger partial charge in [0.25, 0.3) is 0 Å². The number of aryl methyl sites for hydroxylation is 1. The summed E-state index contributed by atoms with van der Waals surface area (Å²) in [7, 11) is 0. The molecule has 2 rings (SSSR count). The molecule has 2 heterocycles. The molecule has 5 heteroatoms. The normalized spacial score (nSPS) is 19.4. The van der Waals surface area contributed by atoms with E-state index in [0.717, 1.165) is 44.2 Å². The molecule has 0 bridgehead atoms. The second kappa shape index (κ2) is 5.42. The average molecular weight is 235 g/mol. The highest BCUT2D eigenvalue weighted by Crippen LogP contribution is 2.14. The third kappa shape index (κ3) is 2.92. The molecule has 1 aromatic rings. The van der Waals surface area contributed by atoms with Crippen molar-refractivity contribution < 1.29 is 0 Å². The Morgan fingerprint density at radius 1 is 1.29 bits per heavy atom. The van der Waals surface area contributed by atoms with Gasteiger partial charge in [-0.05, 0) is 13.8 Å². The lowest BCUT2D eigenvalue weighted by Gasteiger charge is -2.38. The minimum Gasteiger partial charge on any atom is -0.354 e. The van der Waals surface area contributed by atoms with Crippen LogP contribution in [0, 0.1) is 6.92 Å². The third-order valence-electron chi connectivity index (χ3n) is 3.39. The molecule has 17 heavy (non-hydrogen) atoms. The van der Waals surface area contributed by atoms with E-state index in [1.54, 1.807) is 6.33 Å². The lowest BCUT2D eigenvalue weighted by Crippen LogP contribution is -2.51. The van der Waals surface area contributed by atoms with Crippen molar-refractivity contribution in [2.75, 3.05) is 37.6 Å². The fourth-order valence-electron chi connectivity index (χ4n) is 2.15.